The first-order chi connectivity index (χ1) is 13.9. The summed E-state index contributed by atoms with van der Waals surface area (Å²) >= 11 is 0. The summed E-state index contributed by atoms with van der Waals surface area (Å²) in [6, 6.07) is 5.87. The number of halogens is 1. The smallest absolute Gasteiger partial charge is 0.305 e. The average molecular weight is 436 g/mol. The van der Waals surface area contributed by atoms with Crippen LogP contribution in [0, 0.1) is 5.82 Å². The molecule has 0 fully saturated rings. The highest BCUT2D eigenvalue weighted by molar-refractivity contribution is 7.91. The van der Waals surface area contributed by atoms with E-state index in [2.05, 4.69) is 14.7 Å². The Hall–Kier alpha value is -2.36. The van der Waals surface area contributed by atoms with E-state index in [4.69, 9.17) is 5.14 Å². The van der Waals surface area contributed by atoms with Gasteiger partial charge in [-0.1, -0.05) is 39.8 Å². The molecular weight excluding hydrogens is 405 g/mol. The predicted octanol–water partition coefficient (Wildman–Crippen LogP) is 4.46. The van der Waals surface area contributed by atoms with Crippen LogP contribution in [0.1, 0.15) is 56.4 Å². The van der Waals surface area contributed by atoms with Gasteiger partial charge in [0, 0.05) is 12.1 Å². The highest BCUT2D eigenvalue weighted by Gasteiger charge is 2.22. The molecule has 1 heterocycles. The summed E-state index contributed by atoms with van der Waals surface area (Å²) in [5.74, 6) is -0.785. The van der Waals surface area contributed by atoms with E-state index in [1.165, 1.54) is 0 Å². The number of benzene rings is 1. The quantitative estimate of drug-likeness (QED) is 0.699. The molecule has 1 aromatic carbocycles. The van der Waals surface area contributed by atoms with Crippen molar-refractivity contribution in [3.63, 3.8) is 0 Å². The number of hydrogen-bond donors (Lipinski definition) is 2. The molecule has 0 aliphatic carbocycles. The summed E-state index contributed by atoms with van der Waals surface area (Å²) in [7, 11) is 0.418. The van der Waals surface area contributed by atoms with Gasteiger partial charge < -0.3 is 10.2 Å². The Kier molecular flexibility index (Phi) is 7.68. The van der Waals surface area contributed by atoms with Crippen LogP contribution in [0.5, 0.6) is 0 Å². The van der Waals surface area contributed by atoms with Crippen LogP contribution in [0.3, 0.4) is 0 Å². The van der Waals surface area contributed by atoms with Crippen molar-refractivity contribution in [2.75, 3.05) is 19.4 Å². The monoisotopic (exact) mass is 435 g/mol. The number of nitrogens with one attached hydrogen (secondary N) is 1. The Morgan fingerprint density at radius 3 is 2.30 bits per heavy atom. The third-order valence-electron chi connectivity index (χ3n) is 4.43. The Labute approximate surface area is 178 Å². The molecule has 9 heteroatoms. The highest BCUT2D eigenvalue weighted by Crippen LogP contribution is 2.33. The number of carbonyl (C=O) groups is 1. The summed E-state index contributed by atoms with van der Waals surface area (Å²) in [5, 5.41) is 8.44. The van der Waals surface area contributed by atoms with Gasteiger partial charge in [0.25, 0.3) is 0 Å². The lowest BCUT2D eigenvalue weighted by Gasteiger charge is -2.19. The lowest BCUT2D eigenvalue weighted by atomic mass is 9.96. The Morgan fingerprint density at radius 2 is 1.80 bits per heavy atom. The van der Waals surface area contributed by atoms with Crippen molar-refractivity contribution in [3.05, 3.63) is 53.1 Å². The summed E-state index contributed by atoms with van der Waals surface area (Å²) in [4.78, 5) is 18.9. The largest absolute Gasteiger partial charge is 0.354 e. The number of aromatic nitrogens is 1. The van der Waals surface area contributed by atoms with E-state index in [-0.39, 0.29) is 22.4 Å². The standard InChI is InChI=1S/C21H30FN5O2S/c1-13(2)18-17(22)11-24-19(14(3)4)20(18)25-21(28)26-30(23,29)16-9-7-15(8-10-16)12-27(5)6/h7-11,13-14H,12H2,1-6H3,(H3,23,25,26,28,29)/t30-/m0/s1. The molecule has 7 nitrogen and oxygen atoms in total. The molecule has 0 unspecified atom stereocenters. The average Bonchev–Trinajstić information content (AvgIpc) is 2.60. The molecule has 3 N–H and O–H groups in total. The lowest BCUT2D eigenvalue weighted by molar-refractivity contribution is 0.260. The molecule has 0 saturated carbocycles. The molecule has 0 aliphatic rings. The van der Waals surface area contributed by atoms with E-state index in [1.807, 2.05) is 46.7 Å². The van der Waals surface area contributed by atoms with Crippen molar-refractivity contribution < 1.29 is 13.4 Å². The Balaban J connectivity index is 2.39. The number of nitrogens with zero attached hydrogens (tertiary/aromatic N) is 3. The summed E-state index contributed by atoms with van der Waals surface area (Å²) in [6.45, 7) is 8.12. The van der Waals surface area contributed by atoms with Crippen LogP contribution in [0.2, 0.25) is 0 Å². The van der Waals surface area contributed by atoms with Crippen LogP contribution in [-0.4, -0.2) is 34.2 Å². The highest BCUT2D eigenvalue weighted by atomic mass is 32.2. The van der Waals surface area contributed by atoms with Crippen LogP contribution in [-0.2, 0) is 16.5 Å². The molecule has 30 heavy (non-hydrogen) atoms. The van der Waals surface area contributed by atoms with Gasteiger partial charge in [-0.2, -0.15) is 0 Å². The predicted molar refractivity (Wildman–Crippen MR) is 118 cm³/mol. The molecule has 2 aromatic rings. The van der Waals surface area contributed by atoms with Gasteiger partial charge in [0.15, 0.2) is 0 Å². The summed E-state index contributed by atoms with van der Waals surface area (Å²) in [6.07, 6.45) is 1.15. The maximum absolute atomic E-state index is 14.4. The first-order valence-electron chi connectivity index (χ1n) is 9.70. The summed E-state index contributed by atoms with van der Waals surface area (Å²) in [5.41, 5.74) is 2.12. The number of nitrogens with two attached hydrogens (primary N) is 1. The van der Waals surface area contributed by atoms with Crippen molar-refractivity contribution in [2.24, 2.45) is 9.50 Å². The summed E-state index contributed by atoms with van der Waals surface area (Å²) < 4.78 is 31.0. The number of amides is 2. The fourth-order valence-electron chi connectivity index (χ4n) is 3.11. The van der Waals surface area contributed by atoms with Crippen LogP contribution in [0.4, 0.5) is 14.9 Å². The second kappa shape index (κ2) is 9.63. The molecular formula is C21H30FN5O2S. The molecule has 0 saturated heterocycles. The number of rotatable bonds is 6. The molecule has 164 valence electrons. The van der Waals surface area contributed by atoms with Crippen LogP contribution < -0.4 is 10.5 Å². The van der Waals surface area contributed by atoms with E-state index in [0.29, 0.717) is 17.8 Å². The number of hydrogen-bond acceptors (Lipinski definition) is 4. The molecule has 1 atom stereocenters. The van der Waals surface area contributed by atoms with E-state index in [1.54, 1.807) is 24.3 Å². The normalized spacial score (nSPS) is 13.6. The van der Waals surface area contributed by atoms with Gasteiger partial charge in [-0.3, -0.25) is 4.98 Å². The van der Waals surface area contributed by atoms with Gasteiger partial charge in [-0.05, 0) is 43.6 Å². The van der Waals surface area contributed by atoms with Gasteiger partial charge in [-0.15, -0.1) is 4.36 Å². The van der Waals surface area contributed by atoms with Crippen molar-refractivity contribution in [3.8, 4) is 0 Å². The number of pyridine rings is 1. The maximum atomic E-state index is 14.4. The lowest BCUT2D eigenvalue weighted by Crippen LogP contribution is -2.20. The first-order valence-corrected chi connectivity index (χ1v) is 11.3. The minimum Gasteiger partial charge on any atom is -0.305 e. The zero-order chi connectivity index (χ0) is 22.6. The van der Waals surface area contributed by atoms with Gasteiger partial charge in [0.2, 0.25) is 0 Å². The van der Waals surface area contributed by atoms with E-state index >= 15 is 0 Å². The minimum atomic E-state index is -3.47. The van der Waals surface area contributed by atoms with Gasteiger partial charge >= 0.3 is 6.03 Å². The van der Waals surface area contributed by atoms with Crippen molar-refractivity contribution in [1.29, 1.82) is 0 Å². The zero-order valence-electron chi connectivity index (χ0n) is 18.3. The molecule has 1 aromatic heterocycles. The van der Waals surface area contributed by atoms with Crippen molar-refractivity contribution in [1.82, 2.24) is 9.88 Å². The molecule has 2 amide bonds. The minimum absolute atomic E-state index is 0.0649. The number of carbonyl (C=O) groups excluding carboxylic acids is 1. The molecule has 0 radical (unpaired) electrons. The van der Waals surface area contributed by atoms with Gasteiger partial charge in [0.05, 0.1) is 22.5 Å². The van der Waals surface area contributed by atoms with Gasteiger partial charge in [-0.25, -0.2) is 18.5 Å². The van der Waals surface area contributed by atoms with Gasteiger partial charge in [0.1, 0.15) is 15.7 Å². The van der Waals surface area contributed by atoms with E-state index < -0.39 is 21.8 Å². The molecule has 2 rings (SSSR count). The fraction of sp³-hybridized carbons (Fsp3) is 0.429. The molecule has 0 spiro atoms. The second-order valence-electron chi connectivity index (χ2n) is 8.06. The third kappa shape index (κ3) is 5.84. The molecule has 0 aliphatic heterocycles. The first kappa shape index (κ1) is 23.9. The van der Waals surface area contributed by atoms with E-state index in [0.717, 1.165) is 11.8 Å². The van der Waals surface area contributed by atoms with Crippen LogP contribution in [0.15, 0.2) is 39.7 Å². The number of anilines is 1. The fourth-order valence-corrected chi connectivity index (χ4v) is 4.04. The maximum Gasteiger partial charge on any atom is 0.354 e. The third-order valence-corrected chi connectivity index (χ3v) is 5.82. The molecule has 0 bridgehead atoms. The Morgan fingerprint density at radius 1 is 1.20 bits per heavy atom. The number of urea groups is 1. The van der Waals surface area contributed by atoms with E-state index in [9.17, 15) is 13.4 Å². The van der Waals surface area contributed by atoms with Crippen molar-refractivity contribution >= 4 is 21.6 Å². The topological polar surface area (TPSA) is 101 Å². The SMILES string of the molecule is CC(C)c1ncc(F)c(C(C)C)c1NC(=O)N=[S@](N)(=O)c1ccc(CN(C)C)cc1. The zero-order valence-corrected chi connectivity index (χ0v) is 19.1. The van der Waals surface area contributed by atoms with Crippen LogP contribution >= 0.6 is 0 Å². The van der Waals surface area contributed by atoms with Crippen LogP contribution in [0.25, 0.3) is 0 Å². The van der Waals surface area contributed by atoms with Crippen molar-refractivity contribution in [2.45, 2.75) is 51.0 Å². The second-order valence-corrected chi connectivity index (χ2v) is 9.85. The Bertz CT molecular complexity index is 1030.